The van der Waals surface area contributed by atoms with Gasteiger partial charge in [0.15, 0.2) is 0 Å². The Morgan fingerprint density at radius 1 is 1.42 bits per heavy atom. The highest BCUT2D eigenvalue weighted by Gasteiger charge is 2.33. The van der Waals surface area contributed by atoms with Crippen LogP contribution in [0.5, 0.6) is 0 Å². The van der Waals surface area contributed by atoms with Gasteiger partial charge in [0.2, 0.25) is 10.0 Å². The Hall–Kier alpha value is -0.620. The molecule has 0 amide bonds. The van der Waals surface area contributed by atoms with Crippen molar-refractivity contribution in [3.05, 3.63) is 28.8 Å². The van der Waals surface area contributed by atoms with Crippen molar-refractivity contribution in [2.45, 2.75) is 31.3 Å². The average Bonchev–Trinajstić information content (AvgIpc) is 2.32. The molecular formula is C13H18ClNO3S. The molecule has 0 saturated carbocycles. The van der Waals surface area contributed by atoms with E-state index in [1.165, 1.54) is 4.31 Å². The smallest absolute Gasteiger partial charge is 0.243 e. The fraction of sp³-hybridized carbons (Fsp3) is 0.538. The first-order valence-corrected chi connectivity index (χ1v) is 8.08. The van der Waals surface area contributed by atoms with Crippen LogP contribution in [0.3, 0.4) is 0 Å². The minimum atomic E-state index is -3.50. The molecule has 1 aliphatic rings. The van der Waals surface area contributed by atoms with Gasteiger partial charge in [-0.15, -0.1) is 0 Å². The van der Waals surface area contributed by atoms with Gasteiger partial charge in [-0.25, -0.2) is 8.42 Å². The predicted molar refractivity (Wildman–Crippen MR) is 74.7 cm³/mol. The van der Waals surface area contributed by atoms with Crippen LogP contribution in [0.1, 0.15) is 18.9 Å². The number of sulfonamides is 1. The number of aliphatic hydroxyl groups excluding tert-OH is 1. The maximum absolute atomic E-state index is 12.6. The molecule has 2 unspecified atom stereocenters. The molecule has 1 aliphatic heterocycles. The van der Waals surface area contributed by atoms with E-state index in [9.17, 15) is 13.5 Å². The molecule has 1 fully saturated rings. The number of hydrogen-bond acceptors (Lipinski definition) is 3. The van der Waals surface area contributed by atoms with E-state index in [0.29, 0.717) is 35.0 Å². The lowest BCUT2D eigenvalue weighted by molar-refractivity contribution is 0.0628. The van der Waals surface area contributed by atoms with Gasteiger partial charge in [-0.1, -0.05) is 18.5 Å². The molecule has 0 radical (unpaired) electrons. The van der Waals surface area contributed by atoms with Gasteiger partial charge in [-0.2, -0.15) is 4.31 Å². The maximum atomic E-state index is 12.6. The Balaban J connectivity index is 2.32. The SMILES string of the molecule is Cc1cc(Cl)ccc1S(=O)(=O)N1CCC(O)C(C)C1. The highest BCUT2D eigenvalue weighted by atomic mass is 35.5. The molecule has 1 saturated heterocycles. The molecule has 1 heterocycles. The van der Waals surface area contributed by atoms with Crippen LogP contribution < -0.4 is 0 Å². The number of piperidine rings is 1. The Kier molecular flexibility index (Phi) is 4.20. The zero-order valence-corrected chi connectivity index (χ0v) is 12.6. The molecule has 0 spiro atoms. The Labute approximate surface area is 119 Å². The van der Waals surface area contributed by atoms with Crippen LogP contribution >= 0.6 is 11.6 Å². The summed E-state index contributed by atoms with van der Waals surface area (Å²) in [4.78, 5) is 0.292. The number of nitrogens with zero attached hydrogens (tertiary/aromatic N) is 1. The van der Waals surface area contributed by atoms with E-state index in [1.54, 1.807) is 25.1 Å². The second-order valence-electron chi connectivity index (χ2n) is 5.11. The van der Waals surface area contributed by atoms with Crippen molar-refractivity contribution in [1.82, 2.24) is 4.31 Å². The number of halogens is 1. The van der Waals surface area contributed by atoms with Crippen molar-refractivity contribution < 1.29 is 13.5 Å². The molecule has 1 N–H and O–H groups in total. The van der Waals surface area contributed by atoms with Crippen molar-refractivity contribution in [1.29, 1.82) is 0 Å². The number of aryl methyl sites for hydroxylation is 1. The highest BCUT2D eigenvalue weighted by molar-refractivity contribution is 7.89. The Bertz CT molecular complexity index is 573. The molecule has 2 atom stereocenters. The van der Waals surface area contributed by atoms with Gasteiger partial charge in [-0.3, -0.25) is 0 Å². The van der Waals surface area contributed by atoms with Gasteiger partial charge in [0, 0.05) is 18.1 Å². The van der Waals surface area contributed by atoms with E-state index < -0.39 is 16.1 Å². The summed E-state index contributed by atoms with van der Waals surface area (Å²) in [5.41, 5.74) is 0.645. The van der Waals surface area contributed by atoms with Crippen LogP contribution in [0.2, 0.25) is 5.02 Å². The van der Waals surface area contributed by atoms with Gasteiger partial charge < -0.3 is 5.11 Å². The maximum Gasteiger partial charge on any atom is 0.243 e. The molecule has 0 aromatic heterocycles. The van der Waals surface area contributed by atoms with Gasteiger partial charge in [0.1, 0.15) is 0 Å². The first-order valence-electron chi connectivity index (χ1n) is 6.26. The summed E-state index contributed by atoms with van der Waals surface area (Å²) in [5.74, 6) is -0.0452. The molecule has 1 aromatic carbocycles. The predicted octanol–water partition coefficient (Wildman–Crippen LogP) is 2.04. The molecule has 0 bridgehead atoms. The van der Waals surface area contributed by atoms with Crippen molar-refractivity contribution in [3.8, 4) is 0 Å². The molecule has 1 aromatic rings. The van der Waals surface area contributed by atoms with Crippen LogP contribution in [0.15, 0.2) is 23.1 Å². The molecule has 106 valence electrons. The number of rotatable bonds is 2. The molecular weight excluding hydrogens is 286 g/mol. The van der Waals surface area contributed by atoms with E-state index in [4.69, 9.17) is 11.6 Å². The largest absolute Gasteiger partial charge is 0.393 e. The van der Waals surface area contributed by atoms with Crippen molar-refractivity contribution in [2.75, 3.05) is 13.1 Å². The topological polar surface area (TPSA) is 57.6 Å². The standard InChI is InChI=1S/C13H18ClNO3S/c1-9-7-11(14)3-4-13(9)19(17,18)15-6-5-12(16)10(2)8-15/h3-4,7,10,12,16H,5-6,8H2,1-2H3. The van der Waals surface area contributed by atoms with Crippen molar-refractivity contribution in [2.24, 2.45) is 5.92 Å². The van der Waals surface area contributed by atoms with Gasteiger partial charge >= 0.3 is 0 Å². The minimum absolute atomic E-state index is 0.0452. The summed E-state index contributed by atoms with van der Waals surface area (Å²) in [6.45, 7) is 4.31. The number of aliphatic hydroxyl groups is 1. The monoisotopic (exact) mass is 303 g/mol. The van der Waals surface area contributed by atoms with Gasteiger partial charge in [-0.05, 0) is 43.0 Å². The van der Waals surface area contributed by atoms with Crippen LogP contribution in [-0.4, -0.2) is 37.0 Å². The normalized spacial score (nSPS) is 25.5. The van der Waals surface area contributed by atoms with E-state index in [-0.39, 0.29) is 5.92 Å². The Morgan fingerprint density at radius 3 is 2.68 bits per heavy atom. The van der Waals surface area contributed by atoms with Gasteiger partial charge in [0.25, 0.3) is 0 Å². The van der Waals surface area contributed by atoms with Crippen LogP contribution in [0.25, 0.3) is 0 Å². The first-order chi connectivity index (χ1) is 8.82. The second-order valence-corrected chi connectivity index (χ2v) is 7.45. The summed E-state index contributed by atoms with van der Waals surface area (Å²) in [6.07, 6.45) is 0.0605. The number of benzene rings is 1. The lowest BCUT2D eigenvalue weighted by Gasteiger charge is -2.33. The Morgan fingerprint density at radius 2 is 2.11 bits per heavy atom. The zero-order valence-electron chi connectivity index (χ0n) is 11.0. The highest BCUT2D eigenvalue weighted by Crippen LogP contribution is 2.27. The lowest BCUT2D eigenvalue weighted by Crippen LogP contribution is -2.45. The quantitative estimate of drug-likeness (QED) is 0.909. The third-order valence-corrected chi connectivity index (χ3v) is 5.84. The summed E-state index contributed by atoms with van der Waals surface area (Å²) in [6, 6.07) is 4.78. The third kappa shape index (κ3) is 2.94. The summed E-state index contributed by atoms with van der Waals surface area (Å²) >= 11 is 5.85. The van der Waals surface area contributed by atoms with Crippen LogP contribution in [0.4, 0.5) is 0 Å². The van der Waals surface area contributed by atoms with Crippen molar-refractivity contribution in [3.63, 3.8) is 0 Å². The van der Waals surface area contributed by atoms with Crippen LogP contribution in [-0.2, 0) is 10.0 Å². The summed E-state index contributed by atoms with van der Waals surface area (Å²) in [7, 11) is -3.50. The zero-order chi connectivity index (χ0) is 14.2. The molecule has 2 rings (SSSR count). The molecule has 19 heavy (non-hydrogen) atoms. The summed E-state index contributed by atoms with van der Waals surface area (Å²) in [5, 5.41) is 10.2. The fourth-order valence-electron chi connectivity index (χ4n) is 2.35. The van der Waals surface area contributed by atoms with Gasteiger partial charge in [0.05, 0.1) is 11.0 Å². The second kappa shape index (κ2) is 5.40. The van der Waals surface area contributed by atoms with E-state index in [0.717, 1.165) is 0 Å². The van der Waals surface area contributed by atoms with Crippen molar-refractivity contribution >= 4 is 21.6 Å². The number of hydrogen-bond donors (Lipinski definition) is 1. The lowest BCUT2D eigenvalue weighted by atomic mass is 9.99. The van der Waals surface area contributed by atoms with Crippen LogP contribution in [0, 0.1) is 12.8 Å². The summed E-state index contributed by atoms with van der Waals surface area (Å²) < 4.78 is 26.6. The third-order valence-electron chi connectivity index (χ3n) is 3.58. The van der Waals surface area contributed by atoms with E-state index >= 15 is 0 Å². The first kappa shape index (κ1) is 14.8. The molecule has 4 nitrogen and oxygen atoms in total. The fourth-order valence-corrected chi connectivity index (χ4v) is 4.34. The average molecular weight is 304 g/mol. The minimum Gasteiger partial charge on any atom is -0.393 e. The van der Waals surface area contributed by atoms with E-state index in [1.807, 2.05) is 6.92 Å². The van der Waals surface area contributed by atoms with E-state index in [2.05, 4.69) is 0 Å². The molecule has 0 aliphatic carbocycles. The molecule has 6 heteroatoms.